The van der Waals surface area contributed by atoms with E-state index >= 15 is 0 Å². The lowest BCUT2D eigenvalue weighted by molar-refractivity contribution is -0.870. The SMILES string of the molecule is CC/C=C\C/C=C\C/C=C\C/C=C\C/C=C\C/C=C\CCCCCCC(=O)NC(COP(=O)(O)OCC[N+](C)(C)C)C(O)/C=C/CC/C=C/CC/C=C/CCCCCCCCC. The number of phosphoric ester groups is 1. The highest BCUT2D eigenvalue weighted by Crippen LogP contribution is 2.43. The van der Waals surface area contributed by atoms with E-state index < -0.39 is 20.0 Å². The second-order valence-electron chi connectivity index (χ2n) is 17.1. The lowest BCUT2D eigenvalue weighted by atomic mass is 10.1. The maximum absolute atomic E-state index is 12.9. The molecule has 0 fully saturated rings. The molecule has 0 bridgehead atoms. The summed E-state index contributed by atoms with van der Waals surface area (Å²) < 4.78 is 23.6. The molecule has 1 amide bonds. The van der Waals surface area contributed by atoms with Gasteiger partial charge < -0.3 is 19.8 Å². The van der Waals surface area contributed by atoms with E-state index in [4.69, 9.17) is 9.05 Å². The highest BCUT2D eigenvalue weighted by molar-refractivity contribution is 7.47. The molecule has 3 atom stereocenters. The van der Waals surface area contributed by atoms with Gasteiger partial charge in [0, 0.05) is 6.42 Å². The highest BCUT2D eigenvalue weighted by atomic mass is 31.2. The van der Waals surface area contributed by atoms with Crippen molar-refractivity contribution in [2.45, 2.75) is 180 Å². The highest BCUT2D eigenvalue weighted by Gasteiger charge is 2.27. The molecule has 0 spiro atoms. The van der Waals surface area contributed by atoms with Crippen LogP contribution in [0, 0.1) is 0 Å². The Hall–Kier alpha value is -2.84. The van der Waals surface area contributed by atoms with Crippen molar-refractivity contribution in [1.29, 1.82) is 0 Å². The standard InChI is InChI=1S/C53H91N2O6P/c1-6-8-10-12-14-16-18-20-22-24-25-26-27-28-29-31-33-35-37-39-41-43-45-47-53(57)54-51(50-61-62(58,59)60-49-48-55(3,4)5)52(56)46-44-42-40-38-36-34-32-30-23-21-19-17-15-13-11-9-7-2/h8,10,14,16,20,22-23,25-26,28-30,33,35-36,38,44,46,51-52,56H,6-7,9,11-13,15,17-19,21,24,27,31-32,34,37,39-43,45,47-50H2,1-5H3,(H-,54,57,58,59)/p+1/b10-8-,16-14-,22-20-,26-25-,29-28-,30-23+,35-33-,38-36+,46-44+. The van der Waals surface area contributed by atoms with Gasteiger partial charge in [0.1, 0.15) is 13.2 Å². The number of aliphatic hydroxyl groups excluding tert-OH is 1. The van der Waals surface area contributed by atoms with Crippen molar-refractivity contribution in [3.8, 4) is 0 Å². The topological polar surface area (TPSA) is 105 Å². The van der Waals surface area contributed by atoms with Crippen molar-refractivity contribution in [2.24, 2.45) is 0 Å². The maximum Gasteiger partial charge on any atom is 0.472 e. The molecule has 0 aliphatic heterocycles. The predicted molar refractivity (Wildman–Crippen MR) is 267 cm³/mol. The lowest BCUT2D eigenvalue weighted by Gasteiger charge is -2.25. The van der Waals surface area contributed by atoms with E-state index in [1.165, 1.54) is 51.4 Å². The minimum atomic E-state index is -4.37. The monoisotopic (exact) mass is 884 g/mol. The molecule has 0 aromatic rings. The minimum Gasteiger partial charge on any atom is -0.387 e. The first-order valence-electron chi connectivity index (χ1n) is 24.3. The van der Waals surface area contributed by atoms with Crippen LogP contribution in [0.2, 0.25) is 0 Å². The zero-order chi connectivity index (χ0) is 45.7. The Bertz CT molecular complexity index is 1370. The molecule has 0 saturated carbocycles. The van der Waals surface area contributed by atoms with Crippen LogP contribution in [0.25, 0.3) is 0 Å². The molecule has 0 aliphatic carbocycles. The number of carbonyl (C=O) groups is 1. The third-order valence-corrected chi connectivity index (χ3v) is 10.9. The average molecular weight is 884 g/mol. The Morgan fingerprint density at radius 1 is 0.565 bits per heavy atom. The number of likely N-dealkylation sites (N-methyl/N-ethyl adjacent to an activating group) is 1. The number of quaternary nitrogens is 1. The fourth-order valence-corrected chi connectivity index (χ4v) is 6.87. The number of carbonyl (C=O) groups excluding carboxylic acids is 1. The summed E-state index contributed by atoms with van der Waals surface area (Å²) in [6.45, 7) is 4.62. The van der Waals surface area contributed by atoms with Crippen LogP contribution in [-0.2, 0) is 18.4 Å². The van der Waals surface area contributed by atoms with Crippen LogP contribution in [0.1, 0.15) is 168 Å². The molecule has 62 heavy (non-hydrogen) atoms. The van der Waals surface area contributed by atoms with Gasteiger partial charge in [0.15, 0.2) is 0 Å². The van der Waals surface area contributed by atoms with Crippen molar-refractivity contribution in [2.75, 3.05) is 40.9 Å². The molecule has 9 heteroatoms. The first-order chi connectivity index (χ1) is 30.0. The number of allylic oxidation sites excluding steroid dienone is 17. The van der Waals surface area contributed by atoms with E-state index in [-0.39, 0.29) is 19.1 Å². The van der Waals surface area contributed by atoms with Gasteiger partial charge in [-0.15, -0.1) is 0 Å². The Balaban J connectivity index is 4.51. The molecular weight excluding hydrogens is 792 g/mol. The van der Waals surface area contributed by atoms with Crippen LogP contribution in [0.4, 0.5) is 0 Å². The molecule has 0 aromatic heterocycles. The van der Waals surface area contributed by atoms with E-state index in [1.54, 1.807) is 6.08 Å². The zero-order valence-electron chi connectivity index (χ0n) is 40.1. The summed E-state index contributed by atoms with van der Waals surface area (Å²) in [5, 5.41) is 13.8. The van der Waals surface area contributed by atoms with Crippen LogP contribution in [-0.4, -0.2) is 73.4 Å². The van der Waals surface area contributed by atoms with E-state index in [2.05, 4.69) is 116 Å². The van der Waals surface area contributed by atoms with Gasteiger partial charge in [0.2, 0.25) is 5.91 Å². The Morgan fingerprint density at radius 3 is 1.48 bits per heavy atom. The number of phosphoric acid groups is 1. The van der Waals surface area contributed by atoms with Crippen LogP contribution in [0.3, 0.4) is 0 Å². The Labute approximate surface area is 381 Å². The van der Waals surface area contributed by atoms with E-state index in [0.717, 1.165) is 96.3 Å². The van der Waals surface area contributed by atoms with E-state index in [9.17, 15) is 19.4 Å². The van der Waals surface area contributed by atoms with Gasteiger partial charge >= 0.3 is 7.82 Å². The molecule has 354 valence electrons. The quantitative estimate of drug-likeness (QED) is 0.0244. The van der Waals surface area contributed by atoms with E-state index in [0.29, 0.717) is 17.4 Å². The molecule has 0 saturated heterocycles. The Kier molecular flexibility index (Phi) is 41.4. The smallest absolute Gasteiger partial charge is 0.387 e. The number of amides is 1. The number of rotatable bonds is 42. The number of nitrogens with zero attached hydrogens (tertiary/aromatic N) is 1. The molecule has 0 rings (SSSR count). The molecule has 0 aliphatic rings. The van der Waals surface area contributed by atoms with Crippen molar-refractivity contribution < 1.29 is 32.9 Å². The van der Waals surface area contributed by atoms with Gasteiger partial charge in [-0.05, 0) is 96.3 Å². The molecule has 0 heterocycles. The van der Waals surface area contributed by atoms with Crippen LogP contribution in [0.15, 0.2) is 109 Å². The van der Waals surface area contributed by atoms with Gasteiger partial charge in [-0.1, -0.05) is 175 Å². The molecule has 3 N–H and O–H groups in total. The second-order valence-corrected chi connectivity index (χ2v) is 18.5. The number of hydrogen-bond donors (Lipinski definition) is 3. The van der Waals surface area contributed by atoms with Gasteiger partial charge in [-0.3, -0.25) is 13.8 Å². The largest absolute Gasteiger partial charge is 0.472 e. The molecule has 0 aromatic carbocycles. The molecule has 0 radical (unpaired) electrons. The second kappa shape index (κ2) is 43.4. The first kappa shape index (κ1) is 59.2. The molecule has 3 unspecified atom stereocenters. The Morgan fingerprint density at radius 2 is 0.984 bits per heavy atom. The van der Waals surface area contributed by atoms with E-state index in [1.807, 2.05) is 27.2 Å². The summed E-state index contributed by atoms with van der Waals surface area (Å²) in [5.74, 6) is -0.221. The van der Waals surface area contributed by atoms with Crippen LogP contribution >= 0.6 is 7.82 Å². The third kappa shape index (κ3) is 45.2. The fraction of sp³-hybridized carbons (Fsp3) is 0.642. The molecular formula is C53H92N2O6P+. The van der Waals surface area contributed by atoms with Gasteiger partial charge in [-0.25, -0.2) is 4.57 Å². The maximum atomic E-state index is 12.9. The normalized spacial score (nSPS) is 15.1. The summed E-state index contributed by atoms with van der Waals surface area (Å²) in [4.78, 5) is 23.2. The predicted octanol–water partition coefficient (Wildman–Crippen LogP) is 14.1. The van der Waals surface area contributed by atoms with Gasteiger partial charge in [-0.2, -0.15) is 0 Å². The van der Waals surface area contributed by atoms with Crippen molar-refractivity contribution in [3.05, 3.63) is 109 Å². The van der Waals surface area contributed by atoms with Crippen molar-refractivity contribution >= 4 is 13.7 Å². The summed E-state index contributed by atoms with van der Waals surface area (Å²) in [6, 6.07) is -0.891. The molecule has 8 nitrogen and oxygen atoms in total. The summed E-state index contributed by atoms with van der Waals surface area (Å²) in [6.07, 6.45) is 63.1. The fourth-order valence-electron chi connectivity index (χ4n) is 6.13. The van der Waals surface area contributed by atoms with Crippen molar-refractivity contribution in [3.63, 3.8) is 0 Å². The zero-order valence-corrected chi connectivity index (χ0v) is 41.0. The van der Waals surface area contributed by atoms with Gasteiger partial charge in [0.05, 0.1) is 39.9 Å². The first-order valence-corrected chi connectivity index (χ1v) is 25.8. The van der Waals surface area contributed by atoms with Gasteiger partial charge in [0.25, 0.3) is 0 Å². The summed E-state index contributed by atoms with van der Waals surface area (Å²) in [7, 11) is 1.51. The van der Waals surface area contributed by atoms with Crippen LogP contribution < -0.4 is 5.32 Å². The summed E-state index contributed by atoms with van der Waals surface area (Å²) in [5.41, 5.74) is 0. The van der Waals surface area contributed by atoms with Crippen molar-refractivity contribution in [1.82, 2.24) is 5.32 Å². The number of hydrogen-bond acceptors (Lipinski definition) is 5. The summed E-state index contributed by atoms with van der Waals surface area (Å²) >= 11 is 0. The third-order valence-electron chi connectivity index (χ3n) is 9.95. The number of aliphatic hydroxyl groups is 1. The lowest BCUT2D eigenvalue weighted by Crippen LogP contribution is -2.45. The number of unbranched alkanes of at least 4 members (excludes halogenated alkanes) is 13. The average Bonchev–Trinajstić information content (AvgIpc) is 3.23. The minimum absolute atomic E-state index is 0.0416. The van der Waals surface area contributed by atoms with Crippen LogP contribution in [0.5, 0.6) is 0 Å². The number of nitrogens with one attached hydrogen (secondary N) is 1.